The van der Waals surface area contributed by atoms with Crippen LogP contribution >= 0.6 is 39.1 Å². The van der Waals surface area contributed by atoms with Gasteiger partial charge in [0.25, 0.3) is 5.91 Å². The number of halogens is 4. The Morgan fingerprint density at radius 1 is 1.13 bits per heavy atom. The van der Waals surface area contributed by atoms with Gasteiger partial charge in [0.2, 0.25) is 0 Å². The molecule has 30 heavy (non-hydrogen) atoms. The predicted octanol–water partition coefficient (Wildman–Crippen LogP) is 6.05. The first kappa shape index (κ1) is 20.6. The lowest BCUT2D eigenvalue weighted by molar-refractivity contribution is 0.101. The second-order valence-corrected chi connectivity index (χ2v) is 7.98. The fourth-order valence-electron chi connectivity index (χ4n) is 2.69. The molecule has 0 unspecified atom stereocenters. The minimum Gasteiger partial charge on any atom is -0.355 e. The lowest BCUT2D eigenvalue weighted by Crippen LogP contribution is -2.13. The van der Waals surface area contributed by atoms with E-state index >= 15 is 0 Å². The molecule has 4 rings (SSSR count). The molecule has 0 aliphatic rings. The summed E-state index contributed by atoms with van der Waals surface area (Å²) in [5, 5.41) is 11.7. The van der Waals surface area contributed by atoms with Gasteiger partial charge in [0.05, 0.1) is 21.1 Å². The lowest BCUT2D eigenvalue weighted by atomic mass is 10.1. The van der Waals surface area contributed by atoms with E-state index in [9.17, 15) is 9.18 Å². The number of anilines is 1. The Morgan fingerprint density at radius 2 is 1.90 bits per heavy atom. The number of hydrogen-bond acceptors (Lipinski definition) is 4. The number of amides is 1. The summed E-state index contributed by atoms with van der Waals surface area (Å²) in [6.45, 7) is 0.435. The van der Waals surface area contributed by atoms with Gasteiger partial charge in [-0.25, -0.2) is 4.39 Å². The van der Waals surface area contributed by atoms with Crippen molar-refractivity contribution in [2.75, 3.05) is 5.32 Å². The summed E-state index contributed by atoms with van der Waals surface area (Å²) in [7, 11) is 0. The molecule has 2 heterocycles. The van der Waals surface area contributed by atoms with E-state index in [0.29, 0.717) is 38.2 Å². The molecule has 0 aliphatic heterocycles. The minimum absolute atomic E-state index is 0.0697. The fourth-order valence-corrected chi connectivity index (χ4v) is 3.43. The molecule has 1 N–H and O–H groups in total. The van der Waals surface area contributed by atoms with Crippen LogP contribution in [-0.2, 0) is 6.54 Å². The number of rotatable bonds is 5. The van der Waals surface area contributed by atoms with Gasteiger partial charge in [-0.3, -0.25) is 9.48 Å². The van der Waals surface area contributed by atoms with Crippen molar-refractivity contribution in [2.45, 2.75) is 6.54 Å². The van der Waals surface area contributed by atoms with Crippen LogP contribution in [0.1, 0.15) is 16.1 Å². The molecule has 0 saturated heterocycles. The van der Waals surface area contributed by atoms with Gasteiger partial charge in [0.15, 0.2) is 17.3 Å². The molecule has 0 fully saturated rings. The quantitative estimate of drug-likeness (QED) is 0.355. The van der Waals surface area contributed by atoms with E-state index in [0.717, 1.165) is 5.56 Å². The lowest BCUT2D eigenvalue weighted by Gasteiger charge is -2.04. The smallest absolute Gasteiger partial charge is 0.279 e. The van der Waals surface area contributed by atoms with Crippen molar-refractivity contribution >= 4 is 50.9 Å². The van der Waals surface area contributed by atoms with Crippen molar-refractivity contribution in [3.8, 4) is 11.3 Å². The maximum absolute atomic E-state index is 13.1. The molecule has 1 amide bonds. The van der Waals surface area contributed by atoms with Gasteiger partial charge in [0, 0.05) is 17.8 Å². The number of benzene rings is 2. The van der Waals surface area contributed by atoms with Crippen LogP contribution in [0, 0.1) is 5.82 Å². The third kappa shape index (κ3) is 4.56. The van der Waals surface area contributed by atoms with E-state index in [1.807, 2.05) is 6.07 Å². The summed E-state index contributed by atoms with van der Waals surface area (Å²) in [5.74, 6) is -0.180. The first-order valence-electron chi connectivity index (χ1n) is 8.60. The molecular weight excluding hydrogens is 498 g/mol. The molecule has 0 radical (unpaired) electrons. The number of nitrogens with one attached hydrogen (secondary N) is 1. The molecule has 152 valence electrons. The molecule has 0 aliphatic carbocycles. The summed E-state index contributed by atoms with van der Waals surface area (Å²) in [5.41, 5.74) is 1.58. The Balaban J connectivity index is 1.47. The van der Waals surface area contributed by atoms with Gasteiger partial charge < -0.3 is 9.84 Å². The highest BCUT2D eigenvalue weighted by molar-refractivity contribution is 9.10. The molecule has 0 atom stereocenters. The average molecular weight is 510 g/mol. The molecule has 2 aromatic heterocycles. The van der Waals surface area contributed by atoms with E-state index in [1.165, 1.54) is 18.2 Å². The van der Waals surface area contributed by atoms with Crippen molar-refractivity contribution < 1.29 is 13.7 Å². The van der Waals surface area contributed by atoms with E-state index in [-0.39, 0.29) is 11.5 Å². The van der Waals surface area contributed by atoms with Crippen LogP contribution in [0.5, 0.6) is 0 Å². The highest BCUT2D eigenvalue weighted by Gasteiger charge is 2.17. The van der Waals surface area contributed by atoms with Gasteiger partial charge in [-0.05, 0) is 57.9 Å². The largest absolute Gasteiger partial charge is 0.355 e. The van der Waals surface area contributed by atoms with E-state index < -0.39 is 5.91 Å². The fraction of sp³-hybridized carbons (Fsp3) is 0.0500. The molecule has 0 saturated carbocycles. The summed E-state index contributed by atoms with van der Waals surface area (Å²) < 4.78 is 20.5. The maximum atomic E-state index is 13.1. The molecule has 4 aromatic rings. The normalized spacial score (nSPS) is 10.9. The minimum atomic E-state index is -0.493. The van der Waals surface area contributed by atoms with Crippen LogP contribution in [0.25, 0.3) is 11.3 Å². The van der Waals surface area contributed by atoms with Crippen molar-refractivity contribution in [3.05, 3.63) is 86.3 Å². The van der Waals surface area contributed by atoms with Crippen molar-refractivity contribution in [2.24, 2.45) is 0 Å². The van der Waals surface area contributed by atoms with Crippen LogP contribution in [-0.4, -0.2) is 20.8 Å². The number of hydrogen-bond donors (Lipinski definition) is 1. The van der Waals surface area contributed by atoms with Crippen molar-refractivity contribution in [3.63, 3.8) is 0 Å². The van der Waals surface area contributed by atoms with Crippen LogP contribution in [0.3, 0.4) is 0 Å². The van der Waals surface area contributed by atoms with Crippen molar-refractivity contribution in [1.29, 1.82) is 0 Å². The molecule has 6 nitrogen and oxygen atoms in total. The SMILES string of the molecule is O=C(Nc1nn(Cc2ccc(Cl)c(Cl)c2)cc1Br)c1cc(-c2ccc(F)cc2)on1. The number of aromatic nitrogens is 3. The standard InChI is InChI=1S/C20H12BrCl2FN4O2/c21-14-10-28(9-11-1-6-15(22)16(23)7-11)26-19(14)25-20(29)17-8-18(30-27-17)12-2-4-13(24)5-3-12/h1-8,10H,9H2,(H,25,26,29). The zero-order chi connectivity index (χ0) is 21.3. The van der Waals surface area contributed by atoms with Gasteiger partial charge in [-0.2, -0.15) is 5.10 Å². The molecule has 0 spiro atoms. The molecule has 10 heteroatoms. The summed E-state index contributed by atoms with van der Waals surface area (Å²) >= 11 is 15.4. The Labute approximate surface area is 188 Å². The number of nitrogens with zero attached hydrogens (tertiary/aromatic N) is 3. The van der Waals surface area contributed by atoms with Gasteiger partial charge in [-0.15, -0.1) is 0 Å². The van der Waals surface area contributed by atoms with E-state index in [4.69, 9.17) is 27.7 Å². The Kier molecular flexibility index (Phi) is 5.90. The third-order valence-electron chi connectivity index (χ3n) is 4.15. The predicted molar refractivity (Wildman–Crippen MR) is 115 cm³/mol. The highest BCUT2D eigenvalue weighted by Crippen LogP contribution is 2.26. The maximum Gasteiger partial charge on any atom is 0.279 e. The van der Waals surface area contributed by atoms with E-state index in [1.54, 1.807) is 35.1 Å². The van der Waals surface area contributed by atoms with Crippen LogP contribution in [0.2, 0.25) is 10.0 Å². The number of carbonyl (C=O) groups excluding carboxylic acids is 1. The number of carbonyl (C=O) groups is 1. The van der Waals surface area contributed by atoms with Crippen LogP contribution < -0.4 is 5.32 Å². The third-order valence-corrected chi connectivity index (χ3v) is 5.47. The topological polar surface area (TPSA) is 73.0 Å². The van der Waals surface area contributed by atoms with Crippen LogP contribution in [0.15, 0.2) is 63.7 Å². The van der Waals surface area contributed by atoms with Gasteiger partial charge in [-0.1, -0.05) is 34.4 Å². The Bertz CT molecular complexity index is 1220. The summed E-state index contributed by atoms with van der Waals surface area (Å²) in [6.07, 6.45) is 1.73. The monoisotopic (exact) mass is 508 g/mol. The van der Waals surface area contributed by atoms with Crippen LogP contribution in [0.4, 0.5) is 10.2 Å². The molecule has 2 aromatic carbocycles. The highest BCUT2D eigenvalue weighted by atomic mass is 79.9. The zero-order valence-corrected chi connectivity index (χ0v) is 18.2. The van der Waals surface area contributed by atoms with Crippen molar-refractivity contribution in [1.82, 2.24) is 14.9 Å². The molecular formula is C20H12BrCl2FN4O2. The van der Waals surface area contributed by atoms with Gasteiger partial charge >= 0.3 is 0 Å². The first-order valence-corrected chi connectivity index (χ1v) is 10.1. The average Bonchev–Trinajstić information content (AvgIpc) is 3.33. The van der Waals surface area contributed by atoms with E-state index in [2.05, 4.69) is 31.5 Å². The Hall–Kier alpha value is -2.68. The molecule has 0 bridgehead atoms. The zero-order valence-electron chi connectivity index (χ0n) is 15.1. The Morgan fingerprint density at radius 3 is 2.63 bits per heavy atom. The first-order chi connectivity index (χ1) is 14.4. The summed E-state index contributed by atoms with van der Waals surface area (Å²) in [4.78, 5) is 12.5. The second kappa shape index (κ2) is 8.59. The van der Waals surface area contributed by atoms with Gasteiger partial charge in [0.1, 0.15) is 5.82 Å². The second-order valence-electron chi connectivity index (χ2n) is 6.31. The summed E-state index contributed by atoms with van der Waals surface area (Å²) in [6, 6.07) is 12.5.